The molecule has 2 nitrogen and oxygen atoms in total. The Morgan fingerprint density at radius 2 is 2.07 bits per heavy atom. The molecule has 0 radical (unpaired) electrons. The summed E-state index contributed by atoms with van der Waals surface area (Å²) in [6.07, 6.45) is 1.95. The summed E-state index contributed by atoms with van der Waals surface area (Å²) < 4.78 is 0. The number of para-hydroxylation sites is 1. The van der Waals surface area contributed by atoms with E-state index in [1.165, 1.54) is 10.6 Å². The number of aromatic nitrogens is 1. The fraction of sp³-hybridized carbons (Fsp3) is 0.250. The molecular formula is C12H14N2S. The lowest BCUT2D eigenvalue weighted by molar-refractivity contribution is 0.939. The monoisotopic (exact) mass is 218 g/mol. The molecule has 0 saturated carbocycles. The van der Waals surface area contributed by atoms with Crippen LogP contribution in [0.15, 0.2) is 29.6 Å². The highest BCUT2D eigenvalue weighted by molar-refractivity contribution is 7.09. The summed E-state index contributed by atoms with van der Waals surface area (Å²) >= 11 is 1.72. The van der Waals surface area contributed by atoms with Crippen molar-refractivity contribution in [3.63, 3.8) is 0 Å². The molecule has 0 atom stereocenters. The van der Waals surface area contributed by atoms with E-state index < -0.39 is 0 Å². The van der Waals surface area contributed by atoms with E-state index in [2.05, 4.69) is 16.4 Å². The van der Waals surface area contributed by atoms with Crippen molar-refractivity contribution in [3.8, 4) is 0 Å². The summed E-state index contributed by atoms with van der Waals surface area (Å²) in [5, 5.41) is 3.28. The molecule has 0 spiro atoms. The first-order chi connectivity index (χ1) is 7.25. The molecule has 2 rings (SSSR count). The molecule has 0 saturated heterocycles. The van der Waals surface area contributed by atoms with Crippen LogP contribution in [0.25, 0.3) is 0 Å². The van der Waals surface area contributed by atoms with Gasteiger partial charge >= 0.3 is 0 Å². The van der Waals surface area contributed by atoms with E-state index in [-0.39, 0.29) is 0 Å². The van der Waals surface area contributed by atoms with Crippen molar-refractivity contribution in [3.05, 3.63) is 45.9 Å². The number of anilines is 1. The Hall–Kier alpha value is -1.35. The van der Waals surface area contributed by atoms with Crippen molar-refractivity contribution in [1.82, 2.24) is 4.98 Å². The van der Waals surface area contributed by atoms with E-state index in [1.54, 1.807) is 11.3 Å². The van der Waals surface area contributed by atoms with E-state index in [0.29, 0.717) is 0 Å². The number of nitrogens with zero attached hydrogens (tertiary/aromatic N) is 1. The van der Waals surface area contributed by atoms with Gasteiger partial charge in [-0.25, -0.2) is 4.98 Å². The number of nitrogen functional groups attached to an aromatic ring is 1. The first-order valence-corrected chi connectivity index (χ1v) is 5.88. The van der Waals surface area contributed by atoms with Crippen molar-refractivity contribution in [2.24, 2.45) is 0 Å². The van der Waals surface area contributed by atoms with E-state index in [0.717, 1.165) is 24.2 Å². The van der Waals surface area contributed by atoms with Crippen LogP contribution in [-0.4, -0.2) is 4.98 Å². The van der Waals surface area contributed by atoms with Crippen LogP contribution in [0.3, 0.4) is 0 Å². The maximum absolute atomic E-state index is 5.87. The minimum Gasteiger partial charge on any atom is -0.399 e. The standard InChI is InChI=1S/C12H14N2S/c1-9-8-15-12(14-9)7-6-10-4-2-3-5-11(10)13/h2-5,8H,6-7,13H2,1H3. The van der Waals surface area contributed by atoms with Crippen LogP contribution >= 0.6 is 11.3 Å². The summed E-state index contributed by atoms with van der Waals surface area (Å²) in [4.78, 5) is 4.43. The summed E-state index contributed by atoms with van der Waals surface area (Å²) in [7, 11) is 0. The van der Waals surface area contributed by atoms with E-state index in [9.17, 15) is 0 Å². The number of rotatable bonds is 3. The van der Waals surface area contributed by atoms with Crippen molar-refractivity contribution in [2.75, 3.05) is 5.73 Å². The topological polar surface area (TPSA) is 38.9 Å². The Balaban J connectivity index is 2.02. The summed E-state index contributed by atoms with van der Waals surface area (Å²) in [6.45, 7) is 2.02. The fourth-order valence-corrected chi connectivity index (χ4v) is 2.30. The maximum atomic E-state index is 5.87. The van der Waals surface area contributed by atoms with Gasteiger partial charge in [-0.15, -0.1) is 11.3 Å². The average Bonchev–Trinajstić information content (AvgIpc) is 2.63. The number of benzene rings is 1. The molecule has 1 aromatic carbocycles. The van der Waals surface area contributed by atoms with Crippen molar-refractivity contribution in [2.45, 2.75) is 19.8 Å². The van der Waals surface area contributed by atoms with Crippen LogP contribution in [0.1, 0.15) is 16.3 Å². The lowest BCUT2D eigenvalue weighted by Gasteiger charge is -2.02. The Morgan fingerprint density at radius 1 is 1.27 bits per heavy atom. The van der Waals surface area contributed by atoms with Crippen molar-refractivity contribution >= 4 is 17.0 Å². The normalized spacial score (nSPS) is 10.5. The van der Waals surface area contributed by atoms with Crippen LogP contribution in [0.4, 0.5) is 5.69 Å². The van der Waals surface area contributed by atoms with Crippen LogP contribution in [0, 0.1) is 6.92 Å². The van der Waals surface area contributed by atoms with Gasteiger partial charge in [0.2, 0.25) is 0 Å². The maximum Gasteiger partial charge on any atom is 0.0931 e. The van der Waals surface area contributed by atoms with Gasteiger partial charge in [-0.1, -0.05) is 18.2 Å². The van der Waals surface area contributed by atoms with Crippen LogP contribution in [-0.2, 0) is 12.8 Å². The van der Waals surface area contributed by atoms with Gasteiger partial charge < -0.3 is 5.73 Å². The molecule has 1 aromatic heterocycles. The van der Waals surface area contributed by atoms with Gasteiger partial charge in [0.05, 0.1) is 5.01 Å². The summed E-state index contributed by atoms with van der Waals surface area (Å²) in [6, 6.07) is 8.02. The van der Waals surface area contributed by atoms with Gasteiger partial charge in [0, 0.05) is 23.2 Å². The first kappa shape index (κ1) is 10.2. The minimum absolute atomic E-state index is 0.880. The van der Waals surface area contributed by atoms with Crippen molar-refractivity contribution < 1.29 is 0 Å². The molecule has 0 fully saturated rings. The lowest BCUT2D eigenvalue weighted by atomic mass is 10.1. The van der Waals surface area contributed by atoms with Gasteiger partial charge in [0.15, 0.2) is 0 Å². The molecule has 0 amide bonds. The summed E-state index contributed by atoms with van der Waals surface area (Å²) in [5.74, 6) is 0. The molecule has 2 aromatic rings. The van der Waals surface area contributed by atoms with E-state index in [1.807, 2.05) is 25.1 Å². The van der Waals surface area contributed by atoms with E-state index >= 15 is 0 Å². The third-order valence-electron chi connectivity index (χ3n) is 2.33. The SMILES string of the molecule is Cc1csc(CCc2ccccc2N)n1. The Morgan fingerprint density at radius 3 is 2.73 bits per heavy atom. The summed E-state index contributed by atoms with van der Waals surface area (Å²) in [5.41, 5.74) is 9.07. The molecule has 0 aliphatic carbocycles. The Kier molecular flexibility index (Phi) is 3.02. The average molecular weight is 218 g/mol. The van der Waals surface area contributed by atoms with Gasteiger partial charge in [0.1, 0.15) is 0 Å². The predicted octanol–water partition coefficient (Wildman–Crippen LogP) is 2.82. The molecule has 0 aliphatic rings. The molecule has 78 valence electrons. The second kappa shape index (κ2) is 4.45. The highest BCUT2D eigenvalue weighted by Crippen LogP contribution is 2.16. The van der Waals surface area contributed by atoms with Crippen molar-refractivity contribution in [1.29, 1.82) is 0 Å². The van der Waals surface area contributed by atoms with Crippen LogP contribution in [0.2, 0.25) is 0 Å². The molecule has 3 heteroatoms. The Bertz CT molecular complexity index is 448. The zero-order valence-electron chi connectivity index (χ0n) is 8.73. The number of aryl methyl sites for hydroxylation is 3. The zero-order valence-corrected chi connectivity index (χ0v) is 9.55. The Labute approximate surface area is 93.8 Å². The van der Waals surface area contributed by atoms with Gasteiger partial charge in [-0.3, -0.25) is 0 Å². The molecule has 2 N–H and O–H groups in total. The predicted molar refractivity (Wildman–Crippen MR) is 65.1 cm³/mol. The first-order valence-electron chi connectivity index (χ1n) is 5.00. The molecule has 1 heterocycles. The highest BCUT2D eigenvalue weighted by Gasteiger charge is 2.01. The quantitative estimate of drug-likeness (QED) is 0.805. The minimum atomic E-state index is 0.880. The fourth-order valence-electron chi connectivity index (χ4n) is 1.52. The number of hydrogen-bond donors (Lipinski definition) is 1. The largest absolute Gasteiger partial charge is 0.399 e. The second-order valence-electron chi connectivity index (χ2n) is 3.58. The number of nitrogens with two attached hydrogens (primary N) is 1. The molecular weight excluding hydrogens is 204 g/mol. The molecule has 15 heavy (non-hydrogen) atoms. The zero-order chi connectivity index (χ0) is 10.7. The molecule has 0 aliphatic heterocycles. The van der Waals surface area contributed by atoms with Gasteiger partial charge in [-0.05, 0) is 25.0 Å². The highest BCUT2D eigenvalue weighted by atomic mass is 32.1. The van der Waals surface area contributed by atoms with Gasteiger partial charge in [0.25, 0.3) is 0 Å². The third kappa shape index (κ3) is 2.57. The molecule has 0 bridgehead atoms. The smallest absolute Gasteiger partial charge is 0.0931 e. The van der Waals surface area contributed by atoms with Gasteiger partial charge in [-0.2, -0.15) is 0 Å². The molecule has 0 unspecified atom stereocenters. The van der Waals surface area contributed by atoms with Crippen LogP contribution in [0.5, 0.6) is 0 Å². The number of hydrogen-bond acceptors (Lipinski definition) is 3. The van der Waals surface area contributed by atoms with E-state index in [4.69, 9.17) is 5.73 Å². The van der Waals surface area contributed by atoms with Crippen LogP contribution < -0.4 is 5.73 Å². The third-order valence-corrected chi connectivity index (χ3v) is 3.36. The second-order valence-corrected chi connectivity index (χ2v) is 4.52. The number of thiazole rings is 1. The lowest BCUT2D eigenvalue weighted by Crippen LogP contribution is -1.96.